The van der Waals surface area contributed by atoms with E-state index in [0.717, 1.165) is 70.9 Å². The molecule has 1 aliphatic carbocycles. The Labute approximate surface area is 504 Å². The van der Waals surface area contributed by atoms with E-state index in [9.17, 15) is 81.5 Å². The van der Waals surface area contributed by atoms with Crippen LogP contribution < -0.4 is 35.2 Å². The van der Waals surface area contributed by atoms with Crippen molar-refractivity contribution in [2.75, 3.05) is 53.2 Å². The van der Waals surface area contributed by atoms with Crippen LogP contribution in [0.25, 0.3) is 0 Å². The summed E-state index contributed by atoms with van der Waals surface area (Å²) in [4.78, 5) is 111. The van der Waals surface area contributed by atoms with Crippen molar-refractivity contribution in [2.45, 2.75) is 128 Å². The number of aliphatic carboxylic acids is 2. The highest BCUT2D eigenvalue weighted by molar-refractivity contribution is 6.24. The molecule has 8 amide bonds. The van der Waals surface area contributed by atoms with E-state index in [1.807, 2.05) is 18.7 Å². The Hall–Kier alpha value is -8.86. The van der Waals surface area contributed by atoms with Crippen molar-refractivity contribution in [2.24, 2.45) is 0 Å². The predicted molar refractivity (Wildman–Crippen MR) is 291 cm³/mol. The molecule has 5 heterocycles. The van der Waals surface area contributed by atoms with Crippen LogP contribution in [0.15, 0.2) is 85.5 Å². The van der Waals surface area contributed by atoms with Gasteiger partial charge in [0.25, 0.3) is 11.8 Å². The van der Waals surface area contributed by atoms with Crippen molar-refractivity contribution < 1.29 is 115 Å². The van der Waals surface area contributed by atoms with Gasteiger partial charge in [0.2, 0.25) is 11.8 Å². The number of anilines is 4. The number of aromatic nitrogens is 2. The highest BCUT2D eigenvalue weighted by Gasteiger charge is 2.53. The van der Waals surface area contributed by atoms with E-state index in [4.69, 9.17) is 24.5 Å². The first-order valence-electron chi connectivity index (χ1n) is 26.7. The number of carboxylic acids is 2. The van der Waals surface area contributed by atoms with Crippen molar-refractivity contribution in [3.05, 3.63) is 96.6 Å². The van der Waals surface area contributed by atoms with E-state index in [1.165, 1.54) is 21.9 Å². The second-order valence-electron chi connectivity index (χ2n) is 21.7. The van der Waals surface area contributed by atoms with Crippen LogP contribution in [-0.2, 0) is 46.6 Å². The number of carbonyl (C=O) groups is 8. The van der Waals surface area contributed by atoms with Gasteiger partial charge < -0.3 is 50.2 Å². The molecular weight excluding hydrogens is 1240 g/mol. The van der Waals surface area contributed by atoms with Crippen LogP contribution in [0, 0.1) is 0 Å². The first kappa shape index (κ1) is 71.9. The molecule has 35 heteroatoms. The van der Waals surface area contributed by atoms with Crippen LogP contribution in [0.1, 0.15) is 78.4 Å². The van der Waals surface area contributed by atoms with Crippen LogP contribution >= 0.6 is 0 Å². The number of ether oxygens (including phenoxy) is 3. The lowest BCUT2D eigenvalue weighted by atomic mass is 10.0. The minimum Gasteiger partial charge on any atom is -0.475 e. The van der Waals surface area contributed by atoms with Gasteiger partial charge in [0, 0.05) is 57.0 Å². The number of carboxylic acid groups (broad SMARTS) is 2. The first-order valence-corrected chi connectivity index (χ1v) is 26.7. The van der Waals surface area contributed by atoms with Gasteiger partial charge in [-0.15, -0.1) is 26.3 Å². The minimum atomic E-state index is -5.08. The zero-order chi connectivity index (χ0) is 67.5. The molecule has 492 valence electrons. The van der Waals surface area contributed by atoms with Crippen molar-refractivity contribution in [1.82, 2.24) is 30.0 Å². The van der Waals surface area contributed by atoms with Gasteiger partial charge in [-0.1, -0.05) is 12.8 Å². The summed E-state index contributed by atoms with van der Waals surface area (Å²) in [5.41, 5.74) is -2.08. The molecular formula is C55H60F12N10O13. The number of benzene rings is 2. The Morgan fingerprint density at radius 1 is 0.600 bits per heavy atom. The van der Waals surface area contributed by atoms with E-state index < -0.39 is 101 Å². The van der Waals surface area contributed by atoms with Gasteiger partial charge >= 0.3 is 49.1 Å². The molecule has 0 spiro atoms. The maximum atomic E-state index is 13.4. The molecule has 2 aromatic carbocycles. The number of imide groups is 2. The summed E-state index contributed by atoms with van der Waals surface area (Å²) in [5.74, 6) is -9.13. The molecule has 8 rings (SSSR count). The van der Waals surface area contributed by atoms with Gasteiger partial charge in [0.05, 0.1) is 48.0 Å². The van der Waals surface area contributed by atoms with Crippen LogP contribution in [0.5, 0.6) is 11.5 Å². The van der Waals surface area contributed by atoms with Crippen LogP contribution in [-0.4, -0.2) is 163 Å². The Morgan fingerprint density at radius 2 is 0.978 bits per heavy atom. The average molecular weight is 1300 g/mol. The SMILES string of the molecule is CC1(C)C(=O)N(c2ccc(OC(F)(F)F)c(NC(=O)CNC3CCCC3)c2)C(=O)N1Cc1ccncc1.CC1(C)CN(CC(=O)Nc2cc(N3C(=O)N(Cc4ccncc4)C(C)(C)C3=O)ccc2OC(F)(F)F)CCO1.O=C(O)C(F)(F)F.O=C(O)C(F)(F)F. The Morgan fingerprint density at radius 3 is 1.33 bits per heavy atom. The number of nitrogens with zero attached hydrogens (tertiary/aromatic N) is 7. The lowest BCUT2D eigenvalue weighted by Gasteiger charge is -2.37. The number of rotatable bonds is 15. The first-order chi connectivity index (χ1) is 41.5. The summed E-state index contributed by atoms with van der Waals surface area (Å²) in [7, 11) is 0. The summed E-state index contributed by atoms with van der Waals surface area (Å²) in [6.07, 6.45) is -9.98. The monoisotopic (exact) mass is 1300 g/mol. The molecule has 4 aliphatic rings. The molecule has 0 unspecified atom stereocenters. The molecule has 90 heavy (non-hydrogen) atoms. The third-order valence-electron chi connectivity index (χ3n) is 13.5. The molecule has 3 aliphatic heterocycles. The maximum absolute atomic E-state index is 13.4. The maximum Gasteiger partial charge on any atom is 0.573 e. The summed E-state index contributed by atoms with van der Waals surface area (Å²) >= 11 is 0. The van der Waals surface area contributed by atoms with Crippen molar-refractivity contribution in [3.8, 4) is 11.5 Å². The summed E-state index contributed by atoms with van der Waals surface area (Å²) in [6.45, 7) is 11.5. The van der Waals surface area contributed by atoms with Crippen LogP contribution in [0.4, 0.5) is 85.0 Å². The van der Waals surface area contributed by atoms with Gasteiger partial charge in [-0.25, -0.2) is 29.0 Å². The second-order valence-corrected chi connectivity index (χ2v) is 21.7. The van der Waals surface area contributed by atoms with Crippen LogP contribution in [0.3, 0.4) is 0 Å². The topological polar surface area (TPSA) is 283 Å². The van der Waals surface area contributed by atoms with Gasteiger partial charge in [0.15, 0.2) is 11.5 Å². The molecule has 0 radical (unpaired) electrons. The van der Waals surface area contributed by atoms with E-state index in [0.29, 0.717) is 19.7 Å². The number of carbonyl (C=O) groups excluding carboxylic acids is 6. The zero-order valence-corrected chi connectivity index (χ0v) is 48.5. The molecule has 1 saturated carbocycles. The highest BCUT2D eigenvalue weighted by Crippen LogP contribution is 2.41. The van der Waals surface area contributed by atoms with Crippen molar-refractivity contribution in [1.29, 1.82) is 0 Å². The quantitative estimate of drug-likeness (QED) is 0.0547. The van der Waals surface area contributed by atoms with E-state index in [2.05, 4.69) is 35.4 Å². The number of nitrogens with one attached hydrogen (secondary N) is 3. The van der Waals surface area contributed by atoms with E-state index in [-0.39, 0.29) is 55.0 Å². The number of halogens is 12. The van der Waals surface area contributed by atoms with E-state index >= 15 is 0 Å². The Bertz CT molecular complexity index is 3210. The minimum absolute atomic E-state index is 0.00682. The third kappa shape index (κ3) is 20.1. The molecule has 4 fully saturated rings. The highest BCUT2D eigenvalue weighted by atomic mass is 19.4. The van der Waals surface area contributed by atoms with Gasteiger partial charge in [0.1, 0.15) is 11.1 Å². The molecule has 5 N–H and O–H groups in total. The number of urea groups is 2. The number of morpholine rings is 1. The second kappa shape index (κ2) is 28.7. The molecule has 3 saturated heterocycles. The summed E-state index contributed by atoms with van der Waals surface area (Å²) < 4.78 is 156. The summed E-state index contributed by atoms with van der Waals surface area (Å²) in [5, 5.41) is 22.2. The third-order valence-corrected chi connectivity index (χ3v) is 13.5. The molecule has 0 atom stereocenters. The van der Waals surface area contributed by atoms with Crippen LogP contribution in [0.2, 0.25) is 0 Å². The number of alkyl halides is 12. The number of hydrogen-bond donors (Lipinski definition) is 5. The molecule has 2 aromatic heterocycles. The van der Waals surface area contributed by atoms with Gasteiger partial charge in [-0.3, -0.25) is 34.0 Å². The van der Waals surface area contributed by atoms with Gasteiger partial charge in [-0.2, -0.15) is 26.3 Å². The lowest BCUT2D eigenvalue weighted by Crippen LogP contribution is -2.50. The standard InChI is InChI=1S/C26H30F3N5O5.C25H28F3N5O4.2C2HF3O2/c1-24(2)16-32(11-12-38-24)15-21(35)31-19-13-18(5-6-20(19)39-26(27,28)29)34-22(36)25(3,4)33(23(34)37)14-17-7-9-30-10-8-17;1-24(2)22(35)33(23(36)32(24)15-16-9-11-29-12-10-16)18-7-8-20(37-25(26,27)28)19(13-18)31-21(34)14-30-17-5-3-4-6-17;2*3-2(4,5)1(6)7/h5-10,13H,11-12,14-16H2,1-4H3,(H,31,35);7-13,17,30H,3-6,14-15H2,1-2H3,(H,31,34);2*(H,6,7). The largest absolute Gasteiger partial charge is 0.573 e. The van der Waals surface area contributed by atoms with Crippen molar-refractivity contribution >= 4 is 70.4 Å². The van der Waals surface area contributed by atoms with Crippen molar-refractivity contribution in [3.63, 3.8) is 0 Å². The number of amides is 8. The van der Waals surface area contributed by atoms with E-state index in [1.54, 1.807) is 76.7 Å². The Balaban J connectivity index is 0.000000270. The molecule has 0 bridgehead atoms. The normalized spacial score (nSPS) is 17.5. The fourth-order valence-corrected chi connectivity index (χ4v) is 9.14. The number of hydrogen-bond acceptors (Lipinski definition) is 15. The number of pyridine rings is 2. The zero-order valence-electron chi connectivity index (χ0n) is 48.5. The molecule has 4 aromatic rings. The smallest absolute Gasteiger partial charge is 0.475 e. The van der Waals surface area contributed by atoms with Gasteiger partial charge in [-0.05, 0) is 126 Å². The molecule has 23 nitrogen and oxygen atoms in total. The average Bonchev–Trinajstić information content (AvgIpc) is 1.61. The fourth-order valence-electron chi connectivity index (χ4n) is 9.14. The Kier molecular flexibility index (Phi) is 23.0. The fraction of sp³-hybridized carbons (Fsp3) is 0.455. The lowest BCUT2D eigenvalue weighted by molar-refractivity contribution is -0.275. The predicted octanol–water partition coefficient (Wildman–Crippen LogP) is 9.24. The summed E-state index contributed by atoms with van der Waals surface area (Å²) in [6, 6.07) is 12.3.